The van der Waals surface area contributed by atoms with Gasteiger partial charge in [-0.05, 0) is 55.4 Å². The monoisotopic (exact) mass is 513 g/mol. The first kappa shape index (κ1) is 26.2. The van der Waals surface area contributed by atoms with Gasteiger partial charge in [0.1, 0.15) is 16.9 Å². The third-order valence-corrected chi connectivity index (χ3v) is 9.93. The van der Waals surface area contributed by atoms with Crippen LogP contribution in [0.4, 0.5) is 5.00 Å². The van der Waals surface area contributed by atoms with Crippen molar-refractivity contribution in [1.29, 1.82) is 5.26 Å². The highest BCUT2D eigenvalue weighted by molar-refractivity contribution is 7.99. The molecule has 8 heteroatoms. The summed E-state index contributed by atoms with van der Waals surface area (Å²) in [6, 6.07) is 2.36. The van der Waals surface area contributed by atoms with Gasteiger partial charge >= 0.3 is 0 Å². The zero-order valence-electron chi connectivity index (χ0n) is 21.7. The lowest BCUT2D eigenvalue weighted by Crippen LogP contribution is -2.26. The molecule has 0 aromatic carbocycles. The molecule has 4 rings (SSSR count). The van der Waals surface area contributed by atoms with Gasteiger partial charge in [0, 0.05) is 17.8 Å². The molecule has 0 radical (unpaired) electrons. The van der Waals surface area contributed by atoms with Crippen LogP contribution in [0.15, 0.2) is 5.16 Å². The number of hydrogen-bond acceptors (Lipinski definition) is 6. The summed E-state index contributed by atoms with van der Waals surface area (Å²) in [6.07, 6.45) is 11.9. The highest BCUT2D eigenvalue weighted by Gasteiger charge is 2.32. The van der Waals surface area contributed by atoms with Crippen LogP contribution in [0.5, 0.6) is 0 Å². The topological polar surface area (TPSA) is 83.6 Å². The Bertz CT molecular complexity index is 1070. The largest absolute Gasteiger partial charge is 0.316 e. The maximum Gasteiger partial charge on any atom is 0.235 e. The number of thiophene rings is 1. The lowest BCUT2D eigenvalue weighted by molar-refractivity contribution is -0.113. The van der Waals surface area contributed by atoms with Crippen molar-refractivity contribution in [1.82, 2.24) is 14.8 Å². The Morgan fingerprint density at radius 1 is 1.23 bits per heavy atom. The molecule has 1 atom stereocenters. The van der Waals surface area contributed by atoms with Gasteiger partial charge < -0.3 is 9.88 Å². The number of fused-ring (bicyclic) bond motifs is 1. The second kappa shape index (κ2) is 11.5. The Labute approximate surface area is 218 Å². The Hall–Kier alpha value is -1.85. The molecule has 1 saturated carbocycles. The average Bonchev–Trinajstić information content (AvgIpc) is 3.40. The fourth-order valence-electron chi connectivity index (χ4n) is 5.56. The minimum atomic E-state index is -0.0909. The lowest BCUT2D eigenvalue weighted by Gasteiger charge is -2.33. The van der Waals surface area contributed by atoms with Crippen molar-refractivity contribution in [3.05, 3.63) is 21.8 Å². The molecule has 0 bridgehead atoms. The molecule has 2 heterocycles. The predicted octanol–water partition coefficient (Wildman–Crippen LogP) is 6.63. The minimum absolute atomic E-state index is 0.0909. The molecule has 2 aromatic rings. The molecular formula is C27H39N5OS2. The van der Waals surface area contributed by atoms with Crippen molar-refractivity contribution in [3.8, 4) is 6.07 Å². The molecule has 2 aliphatic rings. The quantitative estimate of drug-likeness (QED) is 0.401. The van der Waals surface area contributed by atoms with E-state index < -0.39 is 0 Å². The smallest absolute Gasteiger partial charge is 0.235 e. The highest BCUT2D eigenvalue weighted by Crippen LogP contribution is 2.44. The van der Waals surface area contributed by atoms with E-state index in [1.165, 1.54) is 55.2 Å². The number of carbonyl (C=O) groups excluding carboxylic acids is 1. The Morgan fingerprint density at radius 3 is 2.69 bits per heavy atom. The van der Waals surface area contributed by atoms with Crippen molar-refractivity contribution in [2.45, 2.75) is 104 Å². The van der Waals surface area contributed by atoms with Gasteiger partial charge in [0.2, 0.25) is 5.91 Å². The molecule has 0 spiro atoms. The number of carbonyl (C=O) groups is 1. The molecule has 2 aromatic heterocycles. The maximum absolute atomic E-state index is 12.8. The Balaban J connectivity index is 1.35. The summed E-state index contributed by atoms with van der Waals surface area (Å²) in [4.78, 5) is 14.1. The number of anilines is 1. The number of thioether (sulfide) groups is 1. The number of hydrogen-bond donors (Lipinski definition) is 1. The van der Waals surface area contributed by atoms with Gasteiger partial charge in [-0.3, -0.25) is 4.79 Å². The Morgan fingerprint density at radius 2 is 2.00 bits per heavy atom. The van der Waals surface area contributed by atoms with Gasteiger partial charge in [-0.1, -0.05) is 64.6 Å². The van der Waals surface area contributed by atoms with E-state index >= 15 is 0 Å². The second-order valence-corrected chi connectivity index (χ2v) is 13.2. The third kappa shape index (κ3) is 6.29. The number of aryl methyl sites for hydroxylation is 1. The molecule has 1 fully saturated rings. The number of amides is 1. The van der Waals surface area contributed by atoms with E-state index in [0.717, 1.165) is 54.7 Å². The number of rotatable bonds is 8. The summed E-state index contributed by atoms with van der Waals surface area (Å²) in [6.45, 7) is 9.79. The molecule has 2 aliphatic carbocycles. The third-order valence-electron chi connectivity index (χ3n) is 7.80. The van der Waals surface area contributed by atoms with Crippen molar-refractivity contribution in [3.63, 3.8) is 0 Å². The van der Waals surface area contributed by atoms with Crippen LogP contribution in [-0.2, 0) is 30.6 Å². The first-order chi connectivity index (χ1) is 16.8. The molecule has 1 amide bonds. The Kier molecular flexibility index (Phi) is 8.59. The fraction of sp³-hybridized carbons (Fsp3) is 0.704. The lowest BCUT2D eigenvalue weighted by atomic mass is 9.72. The summed E-state index contributed by atoms with van der Waals surface area (Å²) in [5.74, 6) is 2.63. The highest BCUT2D eigenvalue weighted by atomic mass is 32.2. The van der Waals surface area contributed by atoms with Gasteiger partial charge in [-0.15, -0.1) is 21.5 Å². The van der Waals surface area contributed by atoms with Crippen LogP contribution in [0.3, 0.4) is 0 Å². The van der Waals surface area contributed by atoms with Crippen molar-refractivity contribution in [2.24, 2.45) is 17.3 Å². The van der Waals surface area contributed by atoms with Crippen LogP contribution in [0.1, 0.15) is 94.5 Å². The molecule has 6 nitrogen and oxygen atoms in total. The van der Waals surface area contributed by atoms with Crippen LogP contribution in [0, 0.1) is 28.6 Å². The summed E-state index contributed by atoms with van der Waals surface area (Å²) < 4.78 is 2.15. The fourth-order valence-corrected chi connectivity index (χ4v) is 7.68. The molecule has 190 valence electrons. The molecule has 1 unspecified atom stereocenters. The van der Waals surface area contributed by atoms with Crippen LogP contribution >= 0.6 is 23.1 Å². The number of aromatic nitrogens is 3. The first-order valence-electron chi connectivity index (χ1n) is 13.2. The van der Waals surface area contributed by atoms with Gasteiger partial charge in [-0.2, -0.15) is 5.26 Å². The van der Waals surface area contributed by atoms with E-state index in [1.807, 2.05) is 0 Å². The van der Waals surface area contributed by atoms with E-state index in [-0.39, 0.29) is 17.1 Å². The maximum atomic E-state index is 12.8. The van der Waals surface area contributed by atoms with Gasteiger partial charge in [0.05, 0.1) is 11.3 Å². The van der Waals surface area contributed by atoms with Crippen LogP contribution < -0.4 is 5.32 Å². The molecule has 1 N–H and O–H groups in total. The summed E-state index contributed by atoms with van der Waals surface area (Å²) in [5, 5.41) is 23.2. The van der Waals surface area contributed by atoms with Crippen molar-refractivity contribution >= 4 is 34.0 Å². The molecule has 0 aliphatic heterocycles. The number of nitriles is 1. The average molecular weight is 514 g/mol. The van der Waals surface area contributed by atoms with Crippen LogP contribution in [0.2, 0.25) is 0 Å². The summed E-state index contributed by atoms with van der Waals surface area (Å²) in [5.41, 5.74) is 2.06. The van der Waals surface area contributed by atoms with Crippen molar-refractivity contribution < 1.29 is 4.79 Å². The first-order valence-corrected chi connectivity index (χ1v) is 15.0. The number of nitrogens with zero attached hydrogens (tertiary/aromatic N) is 4. The zero-order valence-corrected chi connectivity index (χ0v) is 23.3. The van der Waals surface area contributed by atoms with Crippen LogP contribution in [-0.4, -0.2) is 26.4 Å². The van der Waals surface area contributed by atoms with E-state index in [2.05, 4.69) is 53.8 Å². The normalized spacial score (nSPS) is 18.8. The van der Waals surface area contributed by atoms with Gasteiger partial charge in [0.25, 0.3) is 0 Å². The van der Waals surface area contributed by atoms with E-state index in [4.69, 9.17) is 0 Å². The molecular weight excluding hydrogens is 474 g/mol. The molecule has 35 heavy (non-hydrogen) atoms. The standard InChI is InChI=1S/C27H39N5OS2/c1-5-32-23(14-11-18-9-7-6-8-10-18)30-31-26(32)34-17-24(33)29-25-21(16-28)20-13-12-19(27(2,3)4)15-22(20)35-25/h18-19H,5-15,17H2,1-4H3,(H,29,33). The van der Waals surface area contributed by atoms with E-state index in [0.29, 0.717) is 16.5 Å². The zero-order chi connectivity index (χ0) is 25.0. The van der Waals surface area contributed by atoms with E-state index in [9.17, 15) is 10.1 Å². The second-order valence-electron chi connectivity index (χ2n) is 11.1. The number of nitrogens with one attached hydrogen (secondary N) is 1. The molecule has 0 saturated heterocycles. The van der Waals surface area contributed by atoms with Gasteiger partial charge in [0.15, 0.2) is 5.16 Å². The van der Waals surface area contributed by atoms with Gasteiger partial charge in [-0.25, -0.2) is 0 Å². The predicted molar refractivity (Wildman–Crippen MR) is 144 cm³/mol. The van der Waals surface area contributed by atoms with Crippen LogP contribution in [0.25, 0.3) is 0 Å². The minimum Gasteiger partial charge on any atom is -0.316 e. The van der Waals surface area contributed by atoms with Crippen molar-refractivity contribution in [2.75, 3.05) is 11.1 Å². The van der Waals surface area contributed by atoms with E-state index in [1.54, 1.807) is 11.3 Å². The summed E-state index contributed by atoms with van der Waals surface area (Å²) in [7, 11) is 0. The summed E-state index contributed by atoms with van der Waals surface area (Å²) >= 11 is 3.02. The SMILES string of the molecule is CCn1c(CCC2CCCCC2)nnc1SCC(=O)Nc1sc2c(c1C#N)CCC(C(C)(C)C)C2.